The molecule has 0 bridgehead atoms. The third kappa shape index (κ3) is 3.64. The van der Waals surface area contributed by atoms with Gasteiger partial charge < -0.3 is 4.52 Å². The Morgan fingerprint density at radius 1 is 1.08 bits per heavy atom. The lowest BCUT2D eigenvalue weighted by Gasteiger charge is -2.10. The number of halogens is 1. The van der Waals surface area contributed by atoms with Gasteiger partial charge in [-0.2, -0.15) is 9.71 Å². The molecule has 0 fully saturated rings. The van der Waals surface area contributed by atoms with E-state index in [-0.39, 0.29) is 10.8 Å². The zero-order chi connectivity index (χ0) is 17.2. The average molecular weight is 364 g/mol. The number of nitrogens with one attached hydrogen (secondary N) is 1. The number of hydrogen-bond acceptors (Lipinski definition) is 5. The Morgan fingerprint density at radius 2 is 1.75 bits per heavy atom. The van der Waals surface area contributed by atoms with E-state index >= 15 is 0 Å². The number of aromatic nitrogens is 2. The maximum Gasteiger partial charge on any atom is 0.244 e. The van der Waals surface area contributed by atoms with Gasteiger partial charge in [0, 0.05) is 10.6 Å². The van der Waals surface area contributed by atoms with Gasteiger partial charge in [-0.3, -0.25) is 0 Å². The van der Waals surface area contributed by atoms with Crippen LogP contribution in [0, 0.1) is 0 Å². The van der Waals surface area contributed by atoms with E-state index < -0.39 is 16.1 Å². The molecule has 0 aliphatic carbocycles. The molecule has 0 spiro atoms. The highest BCUT2D eigenvalue weighted by Crippen LogP contribution is 2.20. The molecule has 1 heterocycles. The minimum atomic E-state index is -3.72. The molecular formula is C16H14ClN3O3S. The summed E-state index contributed by atoms with van der Waals surface area (Å²) < 4.78 is 32.4. The summed E-state index contributed by atoms with van der Waals surface area (Å²) in [4.78, 5) is 4.36. The van der Waals surface area contributed by atoms with Crippen molar-refractivity contribution < 1.29 is 12.9 Å². The fourth-order valence-electron chi connectivity index (χ4n) is 2.08. The molecule has 124 valence electrons. The van der Waals surface area contributed by atoms with Crippen molar-refractivity contribution >= 4 is 21.6 Å². The summed E-state index contributed by atoms with van der Waals surface area (Å²) in [5.74, 6) is 0.592. The van der Waals surface area contributed by atoms with Gasteiger partial charge in [0.25, 0.3) is 0 Å². The van der Waals surface area contributed by atoms with E-state index in [9.17, 15) is 8.42 Å². The number of rotatable bonds is 5. The van der Waals surface area contributed by atoms with Crippen LogP contribution in [0.5, 0.6) is 0 Å². The number of nitrogens with zero attached hydrogens (tertiary/aromatic N) is 2. The first kappa shape index (κ1) is 16.6. The molecule has 0 saturated carbocycles. The van der Waals surface area contributed by atoms with Crippen LogP contribution in [0.15, 0.2) is 64.0 Å². The van der Waals surface area contributed by atoms with Gasteiger partial charge in [0.05, 0.1) is 10.9 Å². The molecule has 1 atom stereocenters. The molecule has 8 heteroatoms. The van der Waals surface area contributed by atoms with E-state index in [1.54, 1.807) is 6.92 Å². The molecule has 1 unspecified atom stereocenters. The summed E-state index contributed by atoms with van der Waals surface area (Å²) in [5.41, 5.74) is 0.792. The molecule has 6 nitrogen and oxygen atoms in total. The minimum Gasteiger partial charge on any atom is -0.337 e. The predicted octanol–water partition coefficient (Wildman–Crippen LogP) is 3.43. The van der Waals surface area contributed by atoms with Gasteiger partial charge >= 0.3 is 0 Å². The SMILES string of the molecule is CC(NS(=O)(=O)c1ccc(Cl)cc1)c1nc(-c2ccccc2)no1. The van der Waals surface area contributed by atoms with E-state index in [4.69, 9.17) is 16.1 Å². The molecule has 0 saturated heterocycles. The first-order valence-electron chi connectivity index (χ1n) is 7.12. The number of hydrogen-bond donors (Lipinski definition) is 1. The average Bonchev–Trinajstić information content (AvgIpc) is 3.06. The fraction of sp³-hybridized carbons (Fsp3) is 0.125. The molecule has 0 aliphatic heterocycles. The van der Waals surface area contributed by atoms with Crippen LogP contribution in [-0.4, -0.2) is 18.6 Å². The lowest BCUT2D eigenvalue weighted by molar-refractivity contribution is 0.354. The Kier molecular flexibility index (Phi) is 4.66. The molecule has 0 radical (unpaired) electrons. The summed E-state index contributed by atoms with van der Waals surface area (Å²) in [6, 6.07) is 14.5. The van der Waals surface area contributed by atoms with Crippen molar-refractivity contribution in [3.63, 3.8) is 0 Å². The van der Waals surface area contributed by atoms with Crippen molar-refractivity contribution in [3.8, 4) is 11.4 Å². The molecule has 0 aliphatic rings. The van der Waals surface area contributed by atoms with Gasteiger partial charge in [-0.05, 0) is 31.2 Å². The summed E-state index contributed by atoms with van der Waals surface area (Å²) >= 11 is 5.78. The first-order chi connectivity index (χ1) is 11.5. The van der Waals surface area contributed by atoms with Gasteiger partial charge in [0.15, 0.2) is 0 Å². The highest BCUT2D eigenvalue weighted by atomic mass is 35.5. The van der Waals surface area contributed by atoms with Crippen molar-refractivity contribution in [1.82, 2.24) is 14.9 Å². The third-order valence-corrected chi connectivity index (χ3v) is 5.11. The Bertz CT molecular complexity index is 925. The van der Waals surface area contributed by atoms with Gasteiger partial charge in [-0.1, -0.05) is 47.1 Å². The smallest absolute Gasteiger partial charge is 0.244 e. The molecule has 0 amide bonds. The Morgan fingerprint density at radius 3 is 2.42 bits per heavy atom. The van der Waals surface area contributed by atoms with Crippen LogP contribution in [0.3, 0.4) is 0 Å². The van der Waals surface area contributed by atoms with Crippen molar-refractivity contribution in [2.24, 2.45) is 0 Å². The summed E-state index contributed by atoms with van der Waals surface area (Å²) in [5, 5.41) is 4.35. The van der Waals surface area contributed by atoms with E-state index in [0.717, 1.165) is 5.56 Å². The molecule has 1 N–H and O–H groups in total. The molecular weight excluding hydrogens is 350 g/mol. The van der Waals surface area contributed by atoms with Gasteiger partial charge in [0.1, 0.15) is 0 Å². The minimum absolute atomic E-state index is 0.113. The largest absolute Gasteiger partial charge is 0.337 e. The van der Waals surface area contributed by atoms with Gasteiger partial charge in [0.2, 0.25) is 21.7 Å². The normalized spacial score (nSPS) is 12.9. The van der Waals surface area contributed by atoms with Crippen LogP contribution < -0.4 is 4.72 Å². The van der Waals surface area contributed by atoms with Crippen LogP contribution in [0.4, 0.5) is 0 Å². The van der Waals surface area contributed by atoms with Crippen LogP contribution in [0.2, 0.25) is 5.02 Å². The second kappa shape index (κ2) is 6.72. The standard InChI is InChI=1S/C16H14ClN3O3S/c1-11(20-24(21,22)14-9-7-13(17)8-10-14)16-18-15(19-23-16)12-5-3-2-4-6-12/h2-11,20H,1H3. The molecule has 1 aromatic heterocycles. The second-order valence-electron chi connectivity index (χ2n) is 5.12. The lowest BCUT2D eigenvalue weighted by atomic mass is 10.2. The molecule has 3 aromatic rings. The summed E-state index contributed by atoms with van der Waals surface area (Å²) in [6.07, 6.45) is 0. The summed E-state index contributed by atoms with van der Waals surface area (Å²) in [6.45, 7) is 1.63. The van der Waals surface area contributed by atoms with E-state index in [1.165, 1.54) is 24.3 Å². The molecule has 24 heavy (non-hydrogen) atoms. The quantitative estimate of drug-likeness (QED) is 0.750. The van der Waals surface area contributed by atoms with Crippen molar-refractivity contribution in [1.29, 1.82) is 0 Å². The van der Waals surface area contributed by atoms with Crippen molar-refractivity contribution in [2.75, 3.05) is 0 Å². The van der Waals surface area contributed by atoms with Crippen molar-refractivity contribution in [2.45, 2.75) is 17.9 Å². The van der Waals surface area contributed by atoms with E-state index in [1.807, 2.05) is 30.3 Å². The predicted molar refractivity (Wildman–Crippen MR) is 89.9 cm³/mol. The van der Waals surface area contributed by atoms with E-state index in [2.05, 4.69) is 14.9 Å². The van der Waals surface area contributed by atoms with Gasteiger partial charge in [-0.25, -0.2) is 8.42 Å². The van der Waals surface area contributed by atoms with Crippen LogP contribution in [0.25, 0.3) is 11.4 Å². The molecule has 3 rings (SSSR count). The maximum atomic E-state index is 12.4. The fourth-order valence-corrected chi connectivity index (χ4v) is 3.40. The zero-order valence-corrected chi connectivity index (χ0v) is 14.3. The number of benzene rings is 2. The van der Waals surface area contributed by atoms with Gasteiger partial charge in [-0.15, -0.1) is 0 Å². The summed E-state index contributed by atoms with van der Waals surface area (Å²) in [7, 11) is -3.72. The second-order valence-corrected chi connectivity index (χ2v) is 7.27. The molecule has 2 aromatic carbocycles. The van der Waals surface area contributed by atoms with Crippen LogP contribution >= 0.6 is 11.6 Å². The number of sulfonamides is 1. The van der Waals surface area contributed by atoms with E-state index in [0.29, 0.717) is 10.8 Å². The maximum absolute atomic E-state index is 12.4. The van der Waals surface area contributed by atoms with Crippen molar-refractivity contribution in [3.05, 3.63) is 65.5 Å². The Balaban J connectivity index is 1.79. The monoisotopic (exact) mass is 363 g/mol. The Hall–Kier alpha value is -2.22. The highest BCUT2D eigenvalue weighted by molar-refractivity contribution is 7.89. The third-order valence-electron chi connectivity index (χ3n) is 3.30. The van der Waals surface area contributed by atoms with Crippen LogP contribution in [0.1, 0.15) is 18.9 Å². The first-order valence-corrected chi connectivity index (χ1v) is 8.99. The lowest BCUT2D eigenvalue weighted by Crippen LogP contribution is -2.27. The Labute approximate surface area is 144 Å². The topological polar surface area (TPSA) is 85.1 Å². The van der Waals surface area contributed by atoms with Crippen LogP contribution in [-0.2, 0) is 10.0 Å². The highest BCUT2D eigenvalue weighted by Gasteiger charge is 2.22. The zero-order valence-electron chi connectivity index (χ0n) is 12.7.